The fourth-order valence-electron chi connectivity index (χ4n) is 10.3. The molecule has 3 aliphatic carbocycles. The average Bonchev–Trinajstić information content (AvgIpc) is 3.13. The maximum Gasteiger partial charge on any atom is 0.338 e. The van der Waals surface area contributed by atoms with E-state index in [-0.39, 0.29) is 30.6 Å². The molecule has 12 heteroatoms. The van der Waals surface area contributed by atoms with Crippen LogP contribution in [-0.4, -0.2) is 87.5 Å². The zero-order valence-electron chi connectivity index (χ0n) is 33.8. The summed E-state index contributed by atoms with van der Waals surface area (Å²) >= 11 is 0. The number of Topliss-reactive ketones (excluding diaryl/α,β-unsaturated/α-hetero) is 2. The third-order valence-electron chi connectivity index (χ3n) is 14.3. The molecule has 3 fully saturated rings. The van der Waals surface area contributed by atoms with Gasteiger partial charge < -0.3 is 28.2 Å². The molecule has 53 heavy (non-hydrogen) atoms. The van der Waals surface area contributed by atoms with Crippen molar-refractivity contribution in [3.8, 4) is 0 Å². The molecule has 1 heterocycles. The number of rotatable bonds is 13. The highest BCUT2D eigenvalue weighted by molar-refractivity contribution is 6.74. The SMILES string of the molecule is CC[Si](CC)(CC)O[C@H]1C[C@@]2(O)[C@@H](OC(=O)c3ccccc3)C3[C@](C)(C(=O)C(=O)C(=C1C)C2(C)C)[C@@H](O[Si](CC)(CC)CC)C[C@H]1OC[C@@]31OC(C)=O. The van der Waals surface area contributed by atoms with Gasteiger partial charge in [-0.05, 0) is 67.8 Å². The Kier molecular flexibility index (Phi) is 11.7. The van der Waals surface area contributed by atoms with Crippen molar-refractivity contribution in [1.82, 2.24) is 0 Å². The third kappa shape index (κ3) is 6.37. The number of carbonyl (C=O) groups excluding carboxylic acids is 4. The van der Waals surface area contributed by atoms with Crippen molar-refractivity contribution in [2.75, 3.05) is 6.61 Å². The minimum absolute atomic E-state index is 0.00433. The molecule has 1 aromatic carbocycles. The van der Waals surface area contributed by atoms with Gasteiger partial charge in [0.2, 0.25) is 11.6 Å². The molecule has 8 atom stereocenters. The van der Waals surface area contributed by atoms with Crippen molar-refractivity contribution in [2.24, 2.45) is 16.7 Å². The second-order valence-electron chi connectivity index (χ2n) is 16.7. The highest BCUT2D eigenvalue weighted by atomic mass is 28.4. The first-order valence-corrected chi connectivity index (χ1v) is 24.9. The van der Waals surface area contributed by atoms with Crippen molar-refractivity contribution in [3.05, 3.63) is 47.0 Å². The van der Waals surface area contributed by atoms with E-state index in [1.807, 2.05) is 6.92 Å². The van der Waals surface area contributed by atoms with Crippen LogP contribution in [0.3, 0.4) is 0 Å². The highest BCUT2D eigenvalue weighted by Crippen LogP contribution is 2.64. The summed E-state index contributed by atoms with van der Waals surface area (Å²) < 4.78 is 33.4. The largest absolute Gasteiger partial charge is 0.455 e. The van der Waals surface area contributed by atoms with Gasteiger partial charge in [0.15, 0.2) is 22.2 Å². The summed E-state index contributed by atoms with van der Waals surface area (Å²) in [6.07, 6.45) is -3.57. The predicted molar refractivity (Wildman–Crippen MR) is 206 cm³/mol. The van der Waals surface area contributed by atoms with Crippen LogP contribution in [0.4, 0.5) is 0 Å². The van der Waals surface area contributed by atoms with Crippen LogP contribution in [0, 0.1) is 16.7 Å². The van der Waals surface area contributed by atoms with Gasteiger partial charge in [0.25, 0.3) is 0 Å². The zero-order valence-corrected chi connectivity index (χ0v) is 35.8. The van der Waals surface area contributed by atoms with E-state index < -0.39 is 92.5 Å². The molecular weight excluding hydrogens is 709 g/mol. The molecule has 294 valence electrons. The molecule has 2 saturated carbocycles. The molecule has 1 aromatic rings. The maximum atomic E-state index is 15.5. The van der Waals surface area contributed by atoms with Gasteiger partial charge >= 0.3 is 11.9 Å². The van der Waals surface area contributed by atoms with Crippen molar-refractivity contribution >= 4 is 40.1 Å². The quantitative estimate of drug-likeness (QED) is 0.123. The van der Waals surface area contributed by atoms with Gasteiger partial charge in [0.05, 0.1) is 35.7 Å². The number of aliphatic hydroxyl groups is 1. The first-order chi connectivity index (χ1) is 24.9. The number of ether oxygens (including phenoxy) is 3. The molecular formula is C41H62O10Si2. The van der Waals surface area contributed by atoms with Crippen molar-refractivity contribution in [3.63, 3.8) is 0 Å². The molecule has 0 spiro atoms. The molecule has 1 N–H and O–H groups in total. The van der Waals surface area contributed by atoms with E-state index in [0.717, 1.165) is 36.3 Å². The Labute approximate surface area is 318 Å². The topological polar surface area (TPSA) is 135 Å². The standard InChI is InChI=1S/C41H62O10Si2/c1-12-52(13-2,14-3)50-29-24-41(46)36(48-37(45)28-21-19-18-20-22-28)34-39(11,35(44)33(43)32(26(29)7)38(41,9)10)30(51-53(15-4,16-5)17-6)23-31-40(34,25-47-31)49-27(8)42/h18-22,29-31,34,36,46H,12-17,23-25H2,1-11H3/t29-,30-,31+,34?,36-,39+,40-,41+/m0/s1. The molecule has 4 aliphatic rings. The summed E-state index contributed by atoms with van der Waals surface area (Å²) in [5, 5.41) is 13.7. The molecule has 5 rings (SSSR count). The van der Waals surface area contributed by atoms with E-state index in [1.54, 1.807) is 51.1 Å². The van der Waals surface area contributed by atoms with Crippen molar-refractivity contribution < 1.29 is 47.3 Å². The van der Waals surface area contributed by atoms with Crippen molar-refractivity contribution in [1.29, 1.82) is 0 Å². The Morgan fingerprint density at radius 1 is 0.887 bits per heavy atom. The number of fused-ring (bicyclic) bond motifs is 5. The van der Waals surface area contributed by atoms with Crippen LogP contribution in [0.25, 0.3) is 0 Å². The summed E-state index contributed by atoms with van der Waals surface area (Å²) in [6, 6.07) is 13.3. The lowest BCUT2D eigenvalue weighted by Gasteiger charge is -2.67. The van der Waals surface area contributed by atoms with Gasteiger partial charge in [0, 0.05) is 30.8 Å². The summed E-state index contributed by atoms with van der Waals surface area (Å²) in [6.45, 7) is 20.9. The first kappa shape index (κ1) is 41.7. The van der Waals surface area contributed by atoms with Crippen LogP contribution in [-0.2, 0) is 37.4 Å². The minimum atomic E-state index is -2.46. The molecule has 1 unspecified atom stereocenters. The highest BCUT2D eigenvalue weighted by Gasteiger charge is 2.78. The van der Waals surface area contributed by atoms with E-state index in [4.69, 9.17) is 23.1 Å². The molecule has 1 saturated heterocycles. The fourth-order valence-corrected chi connectivity index (χ4v) is 16.1. The first-order valence-electron chi connectivity index (χ1n) is 19.8. The van der Waals surface area contributed by atoms with Gasteiger partial charge in [-0.15, -0.1) is 0 Å². The van der Waals surface area contributed by atoms with Gasteiger partial charge in [-0.3, -0.25) is 14.4 Å². The number of benzene rings is 1. The molecule has 2 bridgehead atoms. The lowest BCUT2D eigenvalue weighted by atomic mass is 9.45. The molecule has 0 amide bonds. The number of hydrogen-bond donors (Lipinski definition) is 1. The lowest BCUT2D eigenvalue weighted by molar-refractivity contribution is -0.342. The molecule has 0 aromatic heterocycles. The van der Waals surface area contributed by atoms with E-state index >= 15 is 9.59 Å². The van der Waals surface area contributed by atoms with Gasteiger partial charge in [0.1, 0.15) is 17.8 Å². The van der Waals surface area contributed by atoms with Crippen LogP contribution < -0.4 is 0 Å². The van der Waals surface area contributed by atoms with Crippen LogP contribution in [0.5, 0.6) is 0 Å². The monoisotopic (exact) mass is 770 g/mol. The number of ketones is 2. The lowest BCUT2D eigenvalue weighted by Crippen LogP contribution is -2.82. The number of carbonyl (C=O) groups is 4. The van der Waals surface area contributed by atoms with E-state index in [2.05, 4.69) is 41.5 Å². The van der Waals surface area contributed by atoms with Crippen LogP contribution in [0.2, 0.25) is 36.3 Å². The Morgan fingerprint density at radius 3 is 1.92 bits per heavy atom. The summed E-state index contributed by atoms with van der Waals surface area (Å²) in [5.41, 5.74) is -5.51. The van der Waals surface area contributed by atoms with Crippen molar-refractivity contribution in [2.45, 2.75) is 161 Å². The summed E-state index contributed by atoms with van der Waals surface area (Å²) in [4.78, 5) is 58.2. The average molecular weight is 771 g/mol. The smallest absolute Gasteiger partial charge is 0.338 e. The van der Waals surface area contributed by atoms with E-state index in [1.165, 1.54) is 6.92 Å². The summed E-state index contributed by atoms with van der Waals surface area (Å²) in [7, 11) is -4.82. The van der Waals surface area contributed by atoms with E-state index in [9.17, 15) is 14.7 Å². The Hall–Kier alpha value is -2.49. The van der Waals surface area contributed by atoms with Crippen LogP contribution in [0.15, 0.2) is 41.5 Å². The molecule has 10 nitrogen and oxygen atoms in total. The Morgan fingerprint density at radius 2 is 1.43 bits per heavy atom. The fraction of sp³-hybridized carbons (Fsp3) is 0.707. The normalized spacial score (nSPS) is 33.9. The Balaban J connectivity index is 1.87. The zero-order chi connectivity index (χ0) is 39.4. The summed E-state index contributed by atoms with van der Waals surface area (Å²) in [5.74, 6) is -3.94. The van der Waals surface area contributed by atoms with Crippen LogP contribution >= 0.6 is 0 Å². The van der Waals surface area contributed by atoms with Crippen LogP contribution in [0.1, 0.15) is 99.4 Å². The number of hydrogen-bond acceptors (Lipinski definition) is 10. The van der Waals surface area contributed by atoms with Gasteiger partial charge in [-0.1, -0.05) is 73.6 Å². The predicted octanol–water partition coefficient (Wildman–Crippen LogP) is 7.35. The molecule has 0 radical (unpaired) electrons. The second kappa shape index (κ2) is 14.9. The third-order valence-corrected chi connectivity index (χ3v) is 23.6. The van der Waals surface area contributed by atoms with E-state index in [0.29, 0.717) is 5.57 Å². The van der Waals surface area contributed by atoms with Gasteiger partial charge in [-0.2, -0.15) is 0 Å². The molecule has 1 aliphatic heterocycles. The maximum absolute atomic E-state index is 15.5. The second-order valence-corrected chi connectivity index (χ2v) is 26.2. The minimum Gasteiger partial charge on any atom is -0.455 e. The van der Waals surface area contributed by atoms with Gasteiger partial charge in [-0.25, -0.2) is 4.79 Å². The Bertz CT molecular complexity index is 1600. The number of esters is 2.